The van der Waals surface area contributed by atoms with E-state index in [4.69, 9.17) is 9.47 Å². The molecule has 2 N–H and O–H groups in total. The molecule has 156 valence electrons. The predicted molar refractivity (Wildman–Crippen MR) is 114 cm³/mol. The van der Waals surface area contributed by atoms with E-state index in [1.165, 1.54) is 0 Å². The van der Waals surface area contributed by atoms with Gasteiger partial charge in [0.25, 0.3) is 5.79 Å². The van der Waals surface area contributed by atoms with Gasteiger partial charge in [-0.15, -0.1) is 0 Å². The zero-order chi connectivity index (χ0) is 21.2. The molecule has 4 rings (SSSR count). The van der Waals surface area contributed by atoms with Gasteiger partial charge in [0.15, 0.2) is 0 Å². The zero-order valence-electron chi connectivity index (χ0n) is 18.3. The highest BCUT2D eigenvalue weighted by Gasteiger charge is 2.54. The van der Waals surface area contributed by atoms with E-state index in [-0.39, 0.29) is 22.3 Å². The van der Waals surface area contributed by atoms with Gasteiger partial charge >= 0.3 is 0 Å². The lowest BCUT2D eigenvalue weighted by Gasteiger charge is -2.52. The Morgan fingerprint density at radius 1 is 0.724 bits per heavy atom. The van der Waals surface area contributed by atoms with Crippen molar-refractivity contribution >= 4 is 0 Å². The van der Waals surface area contributed by atoms with Gasteiger partial charge in [0.2, 0.25) is 0 Å². The summed E-state index contributed by atoms with van der Waals surface area (Å²) in [6.45, 7) is 12.9. The summed E-state index contributed by atoms with van der Waals surface area (Å²) in [6.07, 6.45) is 2.76. The summed E-state index contributed by atoms with van der Waals surface area (Å²) < 4.78 is 13.3. The first-order chi connectivity index (χ1) is 13.5. The lowest BCUT2D eigenvalue weighted by Crippen LogP contribution is -2.56. The molecule has 4 heteroatoms. The summed E-state index contributed by atoms with van der Waals surface area (Å²) in [5.74, 6) is 1.19. The molecule has 2 aliphatic rings. The maximum absolute atomic E-state index is 10.4. The fourth-order valence-corrected chi connectivity index (χ4v) is 5.35. The van der Waals surface area contributed by atoms with Crippen molar-refractivity contribution in [3.05, 3.63) is 46.5 Å². The predicted octanol–water partition coefficient (Wildman–Crippen LogP) is 5.74. The average molecular weight is 397 g/mol. The Morgan fingerprint density at radius 2 is 1.10 bits per heavy atom. The molecule has 0 fully saturated rings. The molecule has 0 amide bonds. The van der Waals surface area contributed by atoms with E-state index < -0.39 is 5.79 Å². The van der Waals surface area contributed by atoms with Gasteiger partial charge in [0.05, 0.1) is 0 Å². The van der Waals surface area contributed by atoms with Crippen LogP contribution in [0.3, 0.4) is 0 Å². The molecule has 2 aromatic carbocycles. The molecule has 0 unspecified atom stereocenters. The van der Waals surface area contributed by atoms with E-state index >= 15 is 0 Å². The van der Waals surface area contributed by atoms with Crippen molar-refractivity contribution in [2.45, 2.75) is 83.8 Å². The third-order valence-electron chi connectivity index (χ3n) is 6.64. The van der Waals surface area contributed by atoms with Crippen molar-refractivity contribution in [3.63, 3.8) is 0 Å². The Labute approximate surface area is 173 Å². The summed E-state index contributed by atoms with van der Waals surface area (Å²) in [5, 5.41) is 20.9. The minimum absolute atomic E-state index is 0.179. The standard InChI is InChI=1S/C25H32O4/c1-7-15-19(26)11-9-17-21(15)28-25(13-23(17,3)4)14-24(5,6)18-10-12-20(27)16(8-2)22(18)29-25/h9-12,26-27H,7-8,13-14H2,1-6H3. The van der Waals surface area contributed by atoms with Crippen LogP contribution in [0.2, 0.25) is 0 Å². The van der Waals surface area contributed by atoms with Gasteiger partial charge in [-0.2, -0.15) is 0 Å². The van der Waals surface area contributed by atoms with Crippen LogP contribution in [0.1, 0.15) is 76.6 Å². The summed E-state index contributed by atoms with van der Waals surface area (Å²) >= 11 is 0. The number of rotatable bonds is 2. The second-order valence-electron chi connectivity index (χ2n) is 9.82. The van der Waals surface area contributed by atoms with Crippen molar-refractivity contribution in [1.29, 1.82) is 0 Å². The normalized spacial score (nSPS) is 20.3. The molecule has 0 aliphatic carbocycles. The van der Waals surface area contributed by atoms with Gasteiger partial charge in [-0.05, 0) is 25.0 Å². The molecule has 0 aromatic heterocycles. The lowest BCUT2D eigenvalue weighted by molar-refractivity contribution is -0.167. The molecular weight excluding hydrogens is 364 g/mol. The van der Waals surface area contributed by atoms with Crippen molar-refractivity contribution < 1.29 is 19.7 Å². The van der Waals surface area contributed by atoms with Gasteiger partial charge in [-0.1, -0.05) is 53.7 Å². The Morgan fingerprint density at radius 3 is 1.45 bits per heavy atom. The average Bonchev–Trinajstić information content (AvgIpc) is 2.59. The molecule has 0 saturated carbocycles. The molecule has 2 aromatic rings. The zero-order valence-corrected chi connectivity index (χ0v) is 18.3. The Bertz CT molecular complexity index is 892. The fraction of sp³-hybridized carbons (Fsp3) is 0.520. The number of hydrogen-bond donors (Lipinski definition) is 2. The van der Waals surface area contributed by atoms with E-state index in [0.29, 0.717) is 25.7 Å². The van der Waals surface area contributed by atoms with E-state index in [1.54, 1.807) is 12.1 Å². The fourth-order valence-electron chi connectivity index (χ4n) is 5.35. The van der Waals surface area contributed by atoms with E-state index in [9.17, 15) is 10.2 Å². The van der Waals surface area contributed by atoms with E-state index in [2.05, 4.69) is 27.7 Å². The first kappa shape index (κ1) is 19.9. The highest BCUT2D eigenvalue weighted by atomic mass is 16.7. The Balaban J connectivity index is 1.91. The molecule has 1 spiro atoms. The lowest BCUT2D eigenvalue weighted by atomic mass is 9.68. The molecule has 0 saturated heterocycles. The number of phenolic OH excluding ortho intramolecular Hbond substituents is 2. The molecule has 0 bridgehead atoms. The molecule has 2 heterocycles. The maximum atomic E-state index is 10.4. The summed E-state index contributed by atoms with van der Waals surface area (Å²) in [6, 6.07) is 7.49. The number of ether oxygens (including phenoxy) is 2. The highest BCUT2D eigenvalue weighted by Crippen LogP contribution is 2.56. The first-order valence-electron chi connectivity index (χ1n) is 10.6. The van der Waals surface area contributed by atoms with E-state index in [0.717, 1.165) is 33.8 Å². The maximum Gasteiger partial charge on any atom is 0.253 e. The monoisotopic (exact) mass is 396 g/mol. The largest absolute Gasteiger partial charge is 0.508 e. The molecular formula is C25H32O4. The van der Waals surface area contributed by atoms with Crippen molar-refractivity contribution in [2.24, 2.45) is 0 Å². The SMILES string of the molecule is CCc1c(O)ccc2c1OC1(CC2(C)C)CC(C)(C)c2ccc(O)c(CC)c2O1. The van der Waals surface area contributed by atoms with Gasteiger partial charge in [-0.3, -0.25) is 0 Å². The Hall–Kier alpha value is -2.36. The van der Waals surface area contributed by atoms with Gasteiger partial charge in [-0.25, -0.2) is 0 Å². The van der Waals surface area contributed by atoms with Crippen LogP contribution in [0.5, 0.6) is 23.0 Å². The third-order valence-corrected chi connectivity index (χ3v) is 6.64. The van der Waals surface area contributed by atoms with Crippen LogP contribution in [0.15, 0.2) is 24.3 Å². The third kappa shape index (κ3) is 2.95. The number of benzene rings is 2. The summed E-state index contributed by atoms with van der Waals surface area (Å²) in [5.41, 5.74) is 3.51. The molecule has 0 radical (unpaired) electrons. The first-order valence-corrected chi connectivity index (χ1v) is 10.6. The van der Waals surface area contributed by atoms with Gasteiger partial charge in [0.1, 0.15) is 23.0 Å². The van der Waals surface area contributed by atoms with Crippen molar-refractivity contribution in [1.82, 2.24) is 0 Å². The number of hydrogen-bond acceptors (Lipinski definition) is 4. The van der Waals surface area contributed by atoms with Crippen LogP contribution < -0.4 is 9.47 Å². The quantitative estimate of drug-likeness (QED) is 0.680. The van der Waals surface area contributed by atoms with E-state index in [1.807, 2.05) is 26.0 Å². The minimum Gasteiger partial charge on any atom is -0.508 e. The van der Waals surface area contributed by atoms with Gasteiger partial charge < -0.3 is 19.7 Å². The van der Waals surface area contributed by atoms with Gasteiger partial charge in [0, 0.05) is 45.9 Å². The van der Waals surface area contributed by atoms with Crippen LogP contribution in [-0.2, 0) is 23.7 Å². The summed E-state index contributed by atoms with van der Waals surface area (Å²) in [4.78, 5) is 0. The number of phenols is 2. The van der Waals surface area contributed by atoms with Crippen LogP contribution in [0, 0.1) is 0 Å². The second-order valence-corrected chi connectivity index (χ2v) is 9.82. The smallest absolute Gasteiger partial charge is 0.253 e. The van der Waals surface area contributed by atoms with Crippen molar-refractivity contribution in [3.8, 4) is 23.0 Å². The number of aromatic hydroxyl groups is 2. The van der Waals surface area contributed by atoms with Crippen LogP contribution in [-0.4, -0.2) is 16.0 Å². The molecule has 29 heavy (non-hydrogen) atoms. The molecule has 2 aliphatic heterocycles. The highest BCUT2D eigenvalue weighted by molar-refractivity contribution is 5.56. The van der Waals surface area contributed by atoms with Crippen molar-refractivity contribution in [2.75, 3.05) is 0 Å². The number of fused-ring (bicyclic) bond motifs is 2. The molecule has 0 atom stereocenters. The second kappa shape index (κ2) is 6.32. The topological polar surface area (TPSA) is 58.9 Å². The van der Waals surface area contributed by atoms with Crippen LogP contribution in [0.25, 0.3) is 0 Å². The molecule has 4 nitrogen and oxygen atoms in total. The summed E-state index contributed by atoms with van der Waals surface area (Å²) in [7, 11) is 0. The van der Waals surface area contributed by atoms with Crippen LogP contribution >= 0.6 is 0 Å². The minimum atomic E-state index is -0.845. The van der Waals surface area contributed by atoms with Crippen LogP contribution in [0.4, 0.5) is 0 Å². The Kier molecular flexibility index (Phi) is 4.34.